The van der Waals surface area contributed by atoms with Gasteiger partial charge in [-0.05, 0) is 43.4 Å². The molecule has 2 aromatic rings. The van der Waals surface area contributed by atoms with Crippen molar-refractivity contribution < 1.29 is 9.59 Å². The number of hydrogen-bond acceptors (Lipinski definition) is 5. The van der Waals surface area contributed by atoms with Crippen molar-refractivity contribution in [2.24, 2.45) is 11.7 Å². The molecule has 2 amide bonds. The highest BCUT2D eigenvalue weighted by atomic mass is 16.2. The van der Waals surface area contributed by atoms with E-state index in [1.807, 2.05) is 37.3 Å². The number of anilines is 1. The van der Waals surface area contributed by atoms with E-state index in [1.54, 1.807) is 12.1 Å². The third-order valence-electron chi connectivity index (χ3n) is 6.51. The molecule has 0 bridgehead atoms. The number of likely N-dealkylation sites (tertiary alicyclic amines) is 1. The van der Waals surface area contributed by atoms with E-state index >= 15 is 0 Å². The molecule has 7 heteroatoms. The predicted octanol–water partition coefficient (Wildman–Crippen LogP) is 3.20. The molecule has 1 atom stereocenters. The van der Waals surface area contributed by atoms with Crippen LogP contribution in [-0.2, 0) is 4.79 Å². The summed E-state index contributed by atoms with van der Waals surface area (Å²) >= 11 is 0. The smallest absolute Gasteiger partial charge is 0.248 e. The summed E-state index contributed by atoms with van der Waals surface area (Å²) in [6, 6.07) is 7.25. The van der Waals surface area contributed by atoms with Crippen LogP contribution < -0.4 is 10.6 Å². The highest BCUT2D eigenvalue weighted by molar-refractivity contribution is 5.93. The number of primary amides is 1. The predicted molar refractivity (Wildman–Crippen MR) is 121 cm³/mol. The summed E-state index contributed by atoms with van der Waals surface area (Å²) in [6.45, 7) is 1.53. The van der Waals surface area contributed by atoms with Crippen LogP contribution in [-0.4, -0.2) is 53.9 Å². The summed E-state index contributed by atoms with van der Waals surface area (Å²) in [5, 5.41) is 0. The number of piperidine rings is 1. The fourth-order valence-electron chi connectivity index (χ4n) is 4.78. The lowest BCUT2D eigenvalue weighted by molar-refractivity contribution is -0.136. The average molecular weight is 422 g/mol. The zero-order valence-corrected chi connectivity index (χ0v) is 18.4. The summed E-state index contributed by atoms with van der Waals surface area (Å²) < 4.78 is 0. The topological polar surface area (TPSA) is 92.4 Å². The van der Waals surface area contributed by atoms with Crippen LogP contribution in [0.2, 0.25) is 0 Å². The lowest BCUT2D eigenvalue weighted by Crippen LogP contribution is -2.42. The van der Waals surface area contributed by atoms with Crippen molar-refractivity contribution in [2.75, 3.05) is 32.1 Å². The van der Waals surface area contributed by atoms with Gasteiger partial charge in [0.25, 0.3) is 0 Å². The molecule has 0 unspecified atom stereocenters. The minimum atomic E-state index is -0.445. The Kier molecular flexibility index (Phi) is 6.20. The molecule has 4 rings (SSSR count). The lowest BCUT2D eigenvalue weighted by atomic mass is 9.89. The minimum Gasteiger partial charge on any atom is -0.366 e. The van der Waals surface area contributed by atoms with Crippen LogP contribution in [0.5, 0.6) is 0 Å². The zero-order valence-electron chi connectivity index (χ0n) is 18.4. The van der Waals surface area contributed by atoms with Crippen molar-refractivity contribution in [2.45, 2.75) is 44.4 Å². The second-order valence-electron chi connectivity index (χ2n) is 8.91. The van der Waals surface area contributed by atoms with Gasteiger partial charge in [0, 0.05) is 56.3 Å². The van der Waals surface area contributed by atoms with Crippen LogP contribution in [0, 0.1) is 5.92 Å². The Morgan fingerprint density at radius 1 is 1.06 bits per heavy atom. The summed E-state index contributed by atoms with van der Waals surface area (Å²) in [5.74, 6) is 0.886. The van der Waals surface area contributed by atoms with Crippen molar-refractivity contribution in [1.82, 2.24) is 14.9 Å². The van der Waals surface area contributed by atoms with Crippen LogP contribution in [0.15, 0.2) is 30.5 Å². The lowest BCUT2D eigenvalue weighted by Gasteiger charge is -2.35. The van der Waals surface area contributed by atoms with Gasteiger partial charge in [-0.15, -0.1) is 0 Å². The molecular weight excluding hydrogens is 390 g/mol. The highest BCUT2D eigenvalue weighted by Gasteiger charge is 2.32. The van der Waals surface area contributed by atoms with Gasteiger partial charge in [0.1, 0.15) is 0 Å². The van der Waals surface area contributed by atoms with E-state index in [4.69, 9.17) is 10.7 Å². The van der Waals surface area contributed by atoms with Crippen molar-refractivity contribution in [3.8, 4) is 11.1 Å². The maximum atomic E-state index is 13.0. The molecule has 1 aliphatic heterocycles. The number of carbonyl (C=O) groups is 2. The van der Waals surface area contributed by atoms with Crippen LogP contribution in [0.4, 0.5) is 5.95 Å². The van der Waals surface area contributed by atoms with Crippen LogP contribution in [0.25, 0.3) is 11.1 Å². The normalized spacial score (nSPS) is 19.4. The Morgan fingerprint density at radius 3 is 2.42 bits per heavy atom. The molecular formula is C24H31N5O2. The van der Waals surface area contributed by atoms with E-state index in [2.05, 4.69) is 9.88 Å². The quantitative estimate of drug-likeness (QED) is 0.800. The van der Waals surface area contributed by atoms with E-state index in [1.165, 1.54) is 0 Å². The van der Waals surface area contributed by atoms with Gasteiger partial charge >= 0.3 is 0 Å². The second-order valence-corrected chi connectivity index (χ2v) is 8.91. The maximum Gasteiger partial charge on any atom is 0.248 e. The first-order chi connectivity index (χ1) is 14.9. The van der Waals surface area contributed by atoms with Gasteiger partial charge < -0.3 is 15.5 Å². The Morgan fingerprint density at radius 2 is 1.77 bits per heavy atom. The molecule has 7 nitrogen and oxygen atoms in total. The van der Waals surface area contributed by atoms with Gasteiger partial charge in [-0.2, -0.15) is 0 Å². The van der Waals surface area contributed by atoms with Crippen molar-refractivity contribution in [3.05, 3.63) is 41.7 Å². The van der Waals surface area contributed by atoms with Crippen molar-refractivity contribution in [3.63, 3.8) is 0 Å². The van der Waals surface area contributed by atoms with E-state index in [-0.39, 0.29) is 11.8 Å². The first-order valence-electron chi connectivity index (χ1n) is 11.2. The molecule has 164 valence electrons. The number of nitrogens with zero attached hydrogens (tertiary/aromatic N) is 4. The fourth-order valence-corrected chi connectivity index (χ4v) is 4.78. The van der Waals surface area contributed by atoms with Gasteiger partial charge in [0.15, 0.2) is 0 Å². The second kappa shape index (κ2) is 9.04. The number of carbonyl (C=O) groups excluding carboxylic acids is 2. The Balaban J connectivity index is 1.65. The number of nitrogens with two attached hydrogens (primary N) is 1. The SMILES string of the molecule is CN(C)c1ncc(-c2ccc(C(N)=O)cc2)c([C@H]2CCCN(C(=O)C3CCCC3)C2)n1. The zero-order chi connectivity index (χ0) is 22.0. The van der Waals surface area contributed by atoms with Gasteiger partial charge in [0.2, 0.25) is 17.8 Å². The Labute approximate surface area is 183 Å². The molecule has 1 saturated carbocycles. The molecule has 1 aliphatic carbocycles. The van der Waals surface area contributed by atoms with E-state index in [9.17, 15) is 9.59 Å². The number of amides is 2. The van der Waals surface area contributed by atoms with Crippen LogP contribution in [0.1, 0.15) is 60.5 Å². The molecule has 2 fully saturated rings. The first-order valence-corrected chi connectivity index (χ1v) is 11.2. The molecule has 0 radical (unpaired) electrons. The van der Waals surface area contributed by atoms with E-state index in [0.29, 0.717) is 24.0 Å². The van der Waals surface area contributed by atoms with Crippen LogP contribution >= 0.6 is 0 Å². The summed E-state index contributed by atoms with van der Waals surface area (Å²) in [5.41, 5.74) is 8.73. The van der Waals surface area contributed by atoms with Crippen LogP contribution in [0.3, 0.4) is 0 Å². The molecule has 2 aliphatic rings. The third kappa shape index (κ3) is 4.55. The monoisotopic (exact) mass is 421 g/mol. The number of aromatic nitrogens is 2. The third-order valence-corrected chi connectivity index (χ3v) is 6.51. The Bertz CT molecular complexity index is 951. The molecule has 2 N–H and O–H groups in total. The van der Waals surface area contributed by atoms with E-state index < -0.39 is 5.91 Å². The number of hydrogen-bond donors (Lipinski definition) is 1. The number of rotatable bonds is 5. The standard InChI is InChI=1S/C24H31N5O2/c1-28(2)24-26-14-20(16-9-11-17(12-10-16)22(25)30)21(27-24)19-8-5-13-29(15-19)23(31)18-6-3-4-7-18/h9-12,14,18-19H,3-8,13,15H2,1-2H3,(H2,25,30)/t19-/m0/s1. The molecule has 1 saturated heterocycles. The molecule has 1 aromatic carbocycles. The van der Waals surface area contributed by atoms with Gasteiger partial charge in [-0.3, -0.25) is 9.59 Å². The van der Waals surface area contributed by atoms with Gasteiger partial charge in [-0.1, -0.05) is 25.0 Å². The summed E-state index contributed by atoms with van der Waals surface area (Å²) in [4.78, 5) is 37.9. The Hall–Kier alpha value is -2.96. The summed E-state index contributed by atoms with van der Waals surface area (Å²) in [7, 11) is 3.86. The minimum absolute atomic E-state index is 0.159. The molecule has 2 heterocycles. The molecule has 31 heavy (non-hydrogen) atoms. The summed E-state index contributed by atoms with van der Waals surface area (Å²) in [6.07, 6.45) is 8.20. The molecule has 1 aromatic heterocycles. The number of benzene rings is 1. The highest BCUT2D eigenvalue weighted by Crippen LogP contribution is 2.35. The largest absolute Gasteiger partial charge is 0.366 e. The van der Waals surface area contributed by atoms with Gasteiger partial charge in [-0.25, -0.2) is 9.97 Å². The fraction of sp³-hybridized carbons (Fsp3) is 0.500. The maximum absolute atomic E-state index is 13.0. The first kappa shape index (κ1) is 21.3. The van der Waals surface area contributed by atoms with E-state index in [0.717, 1.165) is 61.9 Å². The average Bonchev–Trinajstić information content (AvgIpc) is 3.33. The van der Waals surface area contributed by atoms with Crippen molar-refractivity contribution in [1.29, 1.82) is 0 Å². The molecule has 0 spiro atoms. The van der Waals surface area contributed by atoms with Gasteiger partial charge in [0.05, 0.1) is 5.69 Å². The van der Waals surface area contributed by atoms with Crippen molar-refractivity contribution >= 4 is 17.8 Å².